The summed E-state index contributed by atoms with van der Waals surface area (Å²) < 4.78 is 79.5. The summed E-state index contributed by atoms with van der Waals surface area (Å²) in [4.78, 5) is 15.9. The lowest BCUT2D eigenvalue weighted by Gasteiger charge is -2.16. The van der Waals surface area contributed by atoms with Gasteiger partial charge in [0, 0.05) is 11.4 Å². The quantitative estimate of drug-likeness (QED) is 0.588. The van der Waals surface area contributed by atoms with Crippen LogP contribution in [0, 0.1) is 0 Å². The maximum Gasteiger partial charge on any atom is 0.416 e. The van der Waals surface area contributed by atoms with E-state index in [-0.39, 0.29) is 10.9 Å². The molecule has 0 saturated carbocycles. The van der Waals surface area contributed by atoms with Crippen LogP contribution in [0.3, 0.4) is 0 Å². The first-order valence-corrected chi connectivity index (χ1v) is 9.82. The number of hydrogen-bond donors (Lipinski definition) is 1. The van der Waals surface area contributed by atoms with E-state index in [1.54, 1.807) is 30.5 Å². The largest absolute Gasteiger partial charge is 0.493 e. The first-order valence-electron chi connectivity index (χ1n) is 9.00. The van der Waals surface area contributed by atoms with Crippen LogP contribution < -0.4 is 15.3 Å². The molecule has 166 valence electrons. The molecule has 0 saturated heterocycles. The smallest absolute Gasteiger partial charge is 0.416 e. The molecule has 0 spiro atoms. The minimum Gasteiger partial charge on any atom is -0.493 e. The minimum atomic E-state index is -5.08. The van der Waals surface area contributed by atoms with Gasteiger partial charge in [-0.1, -0.05) is 29.5 Å². The number of benzene rings is 2. The fourth-order valence-corrected chi connectivity index (χ4v) is 4.13. The van der Waals surface area contributed by atoms with E-state index in [0.717, 1.165) is 5.22 Å². The van der Waals surface area contributed by atoms with E-state index < -0.39 is 46.3 Å². The highest BCUT2D eigenvalue weighted by molar-refractivity contribution is 7.10. The summed E-state index contributed by atoms with van der Waals surface area (Å²) in [5.41, 5.74) is -2.87. The Balaban J connectivity index is 1.78. The Morgan fingerprint density at radius 2 is 1.81 bits per heavy atom. The van der Waals surface area contributed by atoms with Crippen molar-refractivity contribution in [3.05, 3.63) is 78.1 Å². The SMILES string of the molecule is O=c1sc(C=c2cccc3c2=CC=N3)c(O)n1Cc1ccc(C(F)(F)F)cc1C(F)(F)F. The lowest BCUT2D eigenvalue weighted by Crippen LogP contribution is -2.22. The van der Waals surface area contributed by atoms with Gasteiger partial charge in [0.05, 0.1) is 28.2 Å². The average molecular weight is 470 g/mol. The Hall–Kier alpha value is -3.34. The maximum absolute atomic E-state index is 13.4. The Bertz CT molecular complexity index is 1410. The molecule has 1 N–H and O–H groups in total. The van der Waals surface area contributed by atoms with E-state index in [1.165, 1.54) is 6.08 Å². The van der Waals surface area contributed by atoms with Gasteiger partial charge in [0.25, 0.3) is 0 Å². The fraction of sp³-hybridized carbons (Fsp3) is 0.143. The summed E-state index contributed by atoms with van der Waals surface area (Å²) in [6, 6.07) is 6.37. The van der Waals surface area contributed by atoms with Crippen molar-refractivity contribution in [3.8, 4) is 5.88 Å². The summed E-state index contributed by atoms with van der Waals surface area (Å²) in [6.45, 7) is -0.746. The summed E-state index contributed by atoms with van der Waals surface area (Å²) in [7, 11) is 0. The highest BCUT2D eigenvalue weighted by Gasteiger charge is 2.38. The molecule has 2 heterocycles. The van der Waals surface area contributed by atoms with Crippen LogP contribution >= 0.6 is 11.3 Å². The highest BCUT2D eigenvalue weighted by Crippen LogP contribution is 2.38. The summed E-state index contributed by atoms with van der Waals surface area (Å²) in [6.07, 6.45) is -5.23. The van der Waals surface area contributed by atoms with Crippen LogP contribution in [0.25, 0.3) is 12.2 Å². The second-order valence-corrected chi connectivity index (χ2v) is 7.87. The van der Waals surface area contributed by atoms with Crippen LogP contribution in [0.4, 0.5) is 32.0 Å². The lowest BCUT2D eigenvalue weighted by molar-refractivity contribution is -0.143. The molecule has 11 heteroatoms. The predicted molar refractivity (Wildman–Crippen MR) is 108 cm³/mol. The van der Waals surface area contributed by atoms with Crippen LogP contribution in [-0.2, 0) is 18.9 Å². The number of aromatic hydroxyl groups is 1. The van der Waals surface area contributed by atoms with E-state index in [2.05, 4.69) is 4.99 Å². The zero-order chi connectivity index (χ0) is 23.3. The zero-order valence-corrected chi connectivity index (χ0v) is 16.6. The number of aliphatic imine (C=N–C) groups is 1. The van der Waals surface area contributed by atoms with Crippen LogP contribution in [0.15, 0.2) is 46.2 Å². The van der Waals surface area contributed by atoms with Gasteiger partial charge in [0.1, 0.15) is 0 Å². The van der Waals surface area contributed by atoms with Gasteiger partial charge in [-0.25, -0.2) is 0 Å². The molecule has 0 atom stereocenters. The third kappa shape index (κ3) is 4.07. The van der Waals surface area contributed by atoms with Gasteiger partial charge in [0.15, 0.2) is 0 Å². The third-order valence-electron chi connectivity index (χ3n) is 4.82. The van der Waals surface area contributed by atoms with Crippen molar-refractivity contribution in [1.82, 2.24) is 4.57 Å². The molecule has 0 amide bonds. The Morgan fingerprint density at radius 1 is 1.06 bits per heavy atom. The molecule has 0 fully saturated rings. The first-order chi connectivity index (χ1) is 14.9. The normalized spacial score (nSPS) is 14.0. The molecule has 0 unspecified atom stereocenters. The Labute approximate surface area is 179 Å². The Kier molecular flexibility index (Phi) is 5.24. The van der Waals surface area contributed by atoms with Gasteiger partial charge in [0.2, 0.25) is 5.88 Å². The summed E-state index contributed by atoms with van der Waals surface area (Å²) >= 11 is 0.607. The van der Waals surface area contributed by atoms with Gasteiger partial charge in [-0.05, 0) is 41.1 Å². The van der Waals surface area contributed by atoms with Crippen LogP contribution in [0.2, 0.25) is 0 Å². The number of aromatic nitrogens is 1. The molecular formula is C21H12F6N2O2S. The van der Waals surface area contributed by atoms with Crippen molar-refractivity contribution >= 4 is 35.4 Å². The number of rotatable bonds is 3. The molecule has 1 aromatic heterocycles. The zero-order valence-electron chi connectivity index (χ0n) is 15.8. The second-order valence-electron chi connectivity index (χ2n) is 6.88. The molecule has 0 radical (unpaired) electrons. The van der Waals surface area contributed by atoms with Crippen molar-refractivity contribution in [2.24, 2.45) is 4.99 Å². The van der Waals surface area contributed by atoms with Crippen molar-refractivity contribution in [2.75, 3.05) is 0 Å². The first kappa shape index (κ1) is 21.9. The van der Waals surface area contributed by atoms with Crippen molar-refractivity contribution < 1.29 is 31.4 Å². The number of nitrogens with zero attached hydrogens (tertiary/aromatic N) is 2. The molecule has 3 aromatic rings. The molecule has 4 rings (SSSR count). The average Bonchev–Trinajstić information content (AvgIpc) is 3.28. The Morgan fingerprint density at radius 3 is 2.50 bits per heavy atom. The number of thiazole rings is 1. The lowest BCUT2D eigenvalue weighted by atomic mass is 10.0. The number of hydrogen-bond acceptors (Lipinski definition) is 4. The highest BCUT2D eigenvalue weighted by atomic mass is 32.1. The van der Waals surface area contributed by atoms with E-state index in [1.807, 2.05) is 0 Å². The second kappa shape index (κ2) is 7.66. The number of alkyl halides is 6. The van der Waals surface area contributed by atoms with Crippen LogP contribution in [0.1, 0.15) is 21.6 Å². The van der Waals surface area contributed by atoms with Gasteiger partial charge >= 0.3 is 17.2 Å². The van der Waals surface area contributed by atoms with Crippen molar-refractivity contribution in [1.29, 1.82) is 0 Å². The molecule has 1 aliphatic heterocycles. The number of halogens is 6. The summed E-state index contributed by atoms with van der Waals surface area (Å²) in [5.74, 6) is -0.579. The minimum absolute atomic E-state index is 0.0000716. The third-order valence-corrected chi connectivity index (χ3v) is 5.74. The monoisotopic (exact) mass is 470 g/mol. The predicted octanol–water partition coefficient (Wildman–Crippen LogP) is 4.03. The van der Waals surface area contributed by atoms with E-state index in [0.29, 0.717) is 38.9 Å². The van der Waals surface area contributed by atoms with E-state index in [4.69, 9.17) is 0 Å². The number of fused-ring (bicyclic) bond motifs is 1. The topological polar surface area (TPSA) is 54.6 Å². The van der Waals surface area contributed by atoms with Gasteiger partial charge in [-0.2, -0.15) is 26.3 Å². The molecular weight excluding hydrogens is 458 g/mol. The molecule has 4 nitrogen and oxygen atoms in total. The van der Waals surface area contributed by atoms with Crippen molar-refractivity contribution in [2.45, 2.75) is 18.9 Å². The van der Waals surface area contributed by atoms with E-state index >= 15 is 0 Å². The molecule has 0 aliphatic carbocycles. The van der Waals surface area contributed by atoms with Gasteiger partial charge in [-0.15, -0.1) is 0 Å². The molecule has 1 aliphatic rings. The van der Waals surface area contributed by atoms with E-state index in [9.17, 15) is 36.2 Å². The molecule has 32 heavy (non-hydrogen) atoms. The van der Waals surface area contributed by atoms with Gasteiger partial charge in [-0.3, -0.25) is 14.4 Å². The summed E-state index contributed by atoms with van der Waals surface area (Å²) in [5, 5.41) is 11.9. The van der Waals surface area contributed by atoms with Gasteiger partial charge < -0.3 is 5.11 Å². The van der Waals surface area contributed by atoms with Crippen molar-refractivity contribution in [3.63, 3.8) is 0 Å². The van der Waals surface area contributed by atoms with Crippen LogP contribution in [-0.4, -0.2) is 15.9 Å². The standard InChI is InChI=1S/C21H12F6N2O2S/c22-20(23,24)13-5-4-12(15(9-13)21(25,26)27)10-29-18(30)17(32-19(29)31)8-11-2-1-3-16-14(11)6-7-28-16/h1-9,30H,10H2. The van der Waals surface area contributed by atoms with Crippen LogP contribution in [0.5, 0.6) is 5.88 Å². The maximum atomic E-state index is 13.4. The molecule has 2 aromatic carbocycles. The fourth-order valence-electron chi connectivity index (χ4n) is 3.30. The molecule has 0 bridgehead atoms.